The summed E-state index contributed by atoms with van der Waals surface area (Å²) in [6.07, 6.45) is 1.51. The molecule has 7 heteroatoms. The Hall–Kier alpha value is -1.44. The number of nitrogens with zero attached hydrogens (tertiary/aromatic N) is 1. The van der Waals surface area contributed by atoms with E-state index in [9.17, 15) is 9.59 Å². The molecule has 2 bridgehead atoms. The first-order valence-electron chi connectivity index (χ1n) is 6.15. The molecule has 3 heterocycles. The van der Waals surface area contributed by atoms with Crippen molar-refractivity contribution in [3.05, 3.63) is 32.6 Å². The quantitative estimate of drug-likeness (QED) is 0.802. The normalized spacial score (nSPS) is 32.9. The van der Waals surface area contributed by atoms with Gasteiger partial charge in [-0.1, -0.05) is 0 Å². The Labute approximate surface area is 109 Å². The SMILES string of the molecule is COCC12COC(C1)C(n1cc(C)c(=O)[nH]c1=O)O2. The van der Waals surface area contributed by atoms with Gasteiger partial charge in [-0.2, -0.15) is 0 Å². The monoisotopic (exact) mass is 268 g/mol. The van der Waals surface area contributed by atoms with E-state index in [1.807, 2.05) is 0 Å². The predicted octanol–water partition coefficient (Wildman–Crippen LogP) is -0.452. The van der Waals surface area contributed by atoms with E-state index in [-0.39, 0.29) is 11.7 Å². The lowest BCUT2D eigenvalue weighted by Gasteiger charge is -2.30. The maximum atomic E-state index is 11.9. The molecule has 1 aromatic heterocycles. The van der Waals surface area contributed by atoms with Crippen molar-refractivity contribution in [1.29, 1.82) is 0 Å². The number of rotatable bonds is 3. The van der Waals surface area contributed by atoms with Gasteiger partial charge < -0.3 is 14.2 Å². The van der Waals surface area contributed by atoms with Crippen LogP contribution >= 0.6 is 0 Å². The van der Waals surface area contributed by atoms with E-state index in [4.69, 9.17) is 14.2 Å². The van der Waals surface area contributed by atoms with E-state index in [1.54, 1.807) is 14.0 Å². The van der Waals surface area contributed by atoms with E-state index in [2.05, 4.69) is 4.98 Å². The summed E-state index contributed by atoms with van der Waals surface area (Å²) >= 11 is 0. The van der Waals surface area contributed by atoms with E-state index in [0.29, 0.717) is 25.2 Å². The lowest BCUT2D eigenvalue weighted by atomic mass is 10.0. The van der Waals surface area contributed by atoms with Gasteiger partial charge in [-0.05, 0) is 6.92 Å². The number of aromatic nitrogens is 2. The van der Waals surface area contributed by atoms with Gasteiger partial charge >= 0.3 is 5.69 Å². The molecule has 0 aliphatic carbocycles. The van der Waals surface area contributed by atoms with Gasteiger partial charge in [0.05, 0.1) is 13.2 Å². The fraction of sp³-hybridized carbons (Fsp3) is 0.667. The van der Waals surface area contributed by atoms with Crippen LogP contribution in [0.1, 0.15) is 18.2 Å². The second kappa shape index (κ2) is 4.29. The van der Waals surface area contributed by atoms with Crippen LogP contribution in [0.5, 0.6) is 0 Å². The fourth-order valence-electron chi connectivity index (χ4n) is 2.75. The molecule has 1 N–H and O–H groups in total. The standard InChI is InChI=1S/C12H16N2O5/c1-7-4-14(11(16)13-9(7)15)10-8-3-12(19-10,5-17-2)6-18-8/h4,8,10H,3,5-6H2,1-2H3,(H,13,15,16). The van der Waals surface area contributed by atoms with Crippen LogP contribution in [0.4, 0.5) is 0 Å². The lowest BCUT2D eigenvalue weighted by Crippen LogP contribution is -2.43. The van der Waals surface area contributed by atoms with Crippen molar-refractivity contribution in [1.82, 2.24) is 9.55 Å². The molecule has 3 atom stereocenters. The highest BCUT2D eigenvalue weighted by atomic mass is 16.6. The molecule has 1 aromatic rings. The van der Waals surface area contributed by atoms with Crippen molar-refractivity contribution >= 4 is 0 Å². The van der Waals surface area contributed by atoms with E-state index in [0.717, 1.165) is 0 Å². The Bertz CT molecular complexity index is 607. The lowest BCUT2D eigenvalue weighted by molar-refractivity contribution is -0.187. The van der Waals surface area contributed by atoms with Gasteiger partial charge in [0.2, 0.25) is 0 Å². The maximum absolute atomic E-state index is 11.9. The Morgan fingerprint density at radius 3 is 3.11 bits per heavy atom. The second-order valence-corrected chi connectivity index (χ2v) is 5.16. The number of methoxy groups -OCH3 is 1. The highest BCUT2D eigenvalue weighted by Gasteiger charge is 2.54. The van der Waals surface area contributed by atoms with Crippen LogP contribution < -0.4 is 11.2 Å². The van der Waals surface area contributed by atoms with Gasteiger partial charge in [-0.25, -0.2) is 4.79 Å². The van der Waals surface area contributed by atoms with Gasteiger partial charge in [0.15, 0.2) is 6.23 Å². The van der Waals surface area contributed by atoms with Crippen LogP contribution in [0.25, 0.3) is 0 Å². The molecule has 3 rings (SSSR count). The summed E-state index contributed by atoms with van der Waals surface area (Å²) in [7, 11) is 1.61. The van der Waals surface area contributed by atoms with Crippen LogP contribution in [0.15, 0.2) is 15.8 Å². The summed E-state index contributed by atoms with van der Waals surface area (Å²) in [5.41, 5.74) is -0.874. The van der Waals surface area contributed by atoms with Gasteiger partial charge in [-0.3, -0.25) is 14.3 Å². The van der Waals surface area contributed by atoms with Crippen molar-refractivity contribution in [2.45, 2.75) is 31.3 Å². The molecule has 0 spiro atoms. The molecule has 0 saturated carbocycles. The average Bonchev–Trinajstić information content (AvgIpc) is 2.91. The Kier molecular flexibility index (Phi) is 2.84. The summed E-state index contributed by atoms with van der Waals surface area (Å²) < 4.78 is 18.1. The first-order valence-corrected chi connectivity index (χ1v) is 6.15. The highest BCUT2D eigenvalue weighted by Crippen LogP contribution is 2.44. The number of nitrogens with one attached hydrogen (secondary N) is 1. The van der Waals surface area contributed by atoms with Crippen LogP contribution in [0, 0.1) is 6.92 Å². The first kappa shape index (κ1) is 12.6. The zero-order valence-electron chi connectivity index (χ0n) is 10.8. The van der Waals surface area contributed by atoms with Crippen molar-refractivity contribution in [2.75, 3.05) is 20.3 Å². The van der Waals surface area contributed by atoms with Crippen molar-refractivity contribution in [2.24, 2.45) is 0 Å². The minimum atomic E-state index is -0.507. The summed E-state index contributed by atoms with van der Waals surface area (Å²) in [5, 5.41) is 0. The number of hydrogen-bond donors (Lipinski definition) is 1. The Balaban J connectivity index is 1.95. The third-order valence-electron chi connectivity index (χ3n) is 3.65. The maximum Gasteiger partial charge on any atom is 0.330 e. The molecule has 7 nitrogen and oxygen atoms in total. The van der Waals surface area contributed by atoms with Crippen LogP contribution in [-0.2, 0) is 14.2 Å². The van der Waals surface area contributed by atoms with E-state index in [1.165, 1.54) is 10.8 Å². The number of H-pyrrole nitrogens is 1. The third kappa shape index (κ3) is 1.94. The van der Waals surface area contributed by atoms with Crippen molar-refractivity contribution < 1.29 is 14.2 Å². The zero-order chi connectivity index (χ0) is 13.6. The topological polar surface area (TPSA) is 82.5 Å². The predicted molar refractivity (Wildman–Crippen MR) is 65.1 cm³/mol. The first-order chi connectivity index (χ1) is 9.04. The van der Waals surface area contributed by atoms with E-state index >= 15 is 0 Å². The molecule has 2 aliphatic rings. The Morgan fingerprint density at radius 2 is 2.37 bits per heavy atom. The largest absolute Gasteiger partial charge is 0.382 e. The Morgan fingerprint density at radius 1 is 1.58 bits per heavy atom. The minimum Gasteiger partial charge on any atom is -0.382 e. The van der Waals surface area contributed by atoms with Gasteiger partial charge in [0.25, 0.3) is 5.56 Å². The summed E-state index contributed by atoms with van der Waals surface area (Å²) in [5.74, 6) is 0. The molecule has 0 aromatic carbocycles. The van der Waals surface area contributed by atoms with Crippen LogP contribution in [0.3, 0.4) is 0 Å². The highest BCUT2D eigenvalue weighted by molar-refractivity contribution is 5.05. The number of aromatic amines is 1. The molecule has 0 radical (unpaired) electrons. The molecule has 2 saturated heterocycles. The number of hydrogen-bond acceptors (Lipinski definition) is 5. The van der Waals surface area contributed by atoms with Crippen molar-refractivity contribution in [3.8, 4) is 0 Å². The van der Waals surface area contributed by atoms with Crippen LogP contribution in [0.2, 0.25) is 0 Å². The number of aryl methyl sites for hydroxylation is 1. The third-order valence-corrected chi connectivity index (χ3v) is 3.65. The molecule has 104 valence electrons. The zero-order valence-corrected chi connectivity index (χ0v) is 10.8. The molecular weight excluding hydrogens is 252 g/mol. The molecule has 2 fully saturated rings. The smallest absolute Gasteiger partial charge is 0.330 e. The van der Waals surface area contributed by atoms with E-state index < -0.39 is 17.5 Å². The van der Waals surface area contributed by atoms with Gasteiger partial charge in [0, 0.05) is 25.3 Å². The molecule has 0 amide bonds. The molecule has 3 unspecified atom stereocenters. The summed E-state index contributed by atoms with van der Waals surface area (Å²) in [4.78, 5) is 25.5. The summed E-state index contributed by atoms with van der Waals surface area (Å²) in [6, 6.07) is 0. The number of fused-ring (bicyclic) bond motifs is 2. The summed E-state index contributed by atoms with van der Waals surface area (Å²) in [6.45, 7) is 2.55. The number of ether oxygens (including phenoxy) is 3. The van der Waals surface area contributed by atoms with Crippen LogP contribution in [-0.4, -0.2) is 41.6 Å². The van der Waals surface area contributed by atoms with Gasteiger partial charge in [-0.15, -0.1) is 0 Å². The van der Waals surface area contributed by atoms with Gasteiger partial charge in [0.1, 0.15) is 11.7 Å². The second-order valence-electron chi connectivity index (χ2n) is 5.16. The average molecular weight is 268 g/mol. The minimum absolute atomic E-state index is 0.182. The van der Waals surface area contributed by atoms with Crippen molar-refractivity contribution in [3.63, 3.8) is 0 Å². The molecule has 19 heavy (non-hydrogen) atoms. The molecule has 2 aliphatic heterocycles. The molecular formula is C12H16N2O5. The fourth-order valence-corrected chi connectivity index (χ4v) is 2.75.